The van der Waals surface area contributed by atoms with E-state index >= 15 is 0 Å². The smallest absolute Gasteiger partial charge is 0.338 e. The van der Waals surface area contributed by atoms with Gasteiger partial charge in [-0.2, -0.15) is 0 Å². The predicted molar refractivity (Wildman–Crippen MR) is 122 cm³/mol. The van der Waals surface area contributed by atoms with Crippen LogP contribution in [0.1, 0.15) is 50.2 Å². The summed E-state index contributed by atoms with van der Waals surface area (Å²) in [6, 6.07) is 18.8. The highest BCUT2D eigenvalue weighted by atomic mass is 32.1. The number of unbranched alkanes of at least 4 members (excludes halogenated alkanes) is 1. The molecule has 6 nitrogen and oxygen atoms in total. The van der Waals surface area contributed by atoms with E-state index in [1.54, 1.807) is 60.7 Å². The van der Waals surface area contributed by atoms with Crippen LogP contribution in [0.4, 0.5) is 5.69 Å². The highest BCUT2D eigenvalue weighted by Gasteiger charge is 2.23. The highest BCUT2D eigenvalue weighted by Crippen LogP contribution is 2.16. The lowest BCUT2D eigenvalue weighted by molar-refractivity contribution is 0.0499. The monoisotopic (exact) mass is 436 g/mol. The Labute approximate surface area is 185 Å². The summed E-state index contributed by atoms with van der Waals surface area (Å²) < 4.78 is 5.21. The summed E-state index contributed by atoms with van der Waals surface area (Å²) in [5.41, 5.74) is 1.47. The van der Waals surface area contributed by atoms with Gasteiger partial charge in [0.25, 0.3) is 5.91 Å². The van der Waals surface area contributed by atoms with Gasteiger partial charge >= 0.3 is 5.97 Å². The van der Waals surface area contributed by atoms with Gasteiger partial charge in [0.2, 0.25) is 5.78 Å². The molecule has 0 aliphatic rings. The number of Topliss-reactive ketones (excluding diaryl/α,β-unsaturated/α-hetero) is 1. The van der Waals surface area contributed by atoms with Gasteiger partial charge in [0.05, 0.1) is 17.0 Å². The largest absolute Gasteiger partial charge is 0.462 e. The number of hydrogen-bond donors (Lipinski definition) is 2. The van der Waals surface area contributed by atoms with Crippen LogP contribution >= 0.6 is 11.3 Å². The molecule has 31 heavy (non-hydrogen) atoms. The van der Waals surface area contributed by atoms with Crippen molar-refractivity contribution < 1.29 is 19.1 Å². The average molecular weight is 437 g/mol. The standard InChI is InChI=1S/C24H24N2O4S/c1-2-3-15-30-24(29)18-11-13-19(14-12-18)25-22(21(27)20-10-7-16-31-20)26-23(28)17-8-5-4-6-9-17/h4-14,16,22,25H,2-3,15H2,1H3,(H,26,28)/t22-/m1/s1. The molecule has 0 bridgehead atoms. The number of rotatable bonds is 10. The topological polar surface area (TPSA) is 84.5 Å². The lowest BCUT2D eigenvalue weighted by Crippen LogP contribution is -2.46. The van der Waals surface area contributed by atoms with Gasteiger partial charge in [-0.3, -0.25) is 9.59 Å². The molecule has 3 aromatic rings. The lowest BCUT2D eigenvalue weighted by Gasteiger charge is -2.20. The molecule has 1 amide bonds. The molecule has 2 N–H and O–H groups in total. The Morgan fingerprint density at radius 3 is 2.32 bits per heavy atom. The maximum absolute atomic E-state index is 13.0. The van der Waals surface area contributed by atoms with Crippen LogP contribution in [-0.2, 0) is 4.74 Å². The van der Waals surface area contributed by atoms with Crippen LogP contribution in [0.3, 0.4) is 0 Å². The van der Waals surface area contributed by atoms with Gasteiger partial charge in [0, 0.05) is 11.3 Å². The number of carbonyl (C=O) groups is 3. The summed E-state index contributed by atoms with van der Waals surface area (Å²) in [7, 11) is 0. The molecule has 1 aromatic heterocycles. The van der Waals surface area contributed by atoms with Crippen LogP contribution in [0.5, 0.6) is 0 Å². The fraction of sp³-hybridized carbons (Fsp3) is 0.208. The third-order valence-corrected chi connectivity index (χ3v) is 5.38. The molecule has 1 heterocycles. The van der Waals surface area contributed by atoms with E-state index in [4.69, 9.17) is 4.74 Å². The van der Waals surface area contributed by atoms with Crippen molar-refractivity contribution in [1.82, 2.24) is 5.32 Å². The van der Waals surface area contributed by atoms with Crippen molar-refractivity contribution in [1.29, 1.82) is 0 Å². The second-order valence-electron chi connectivity index (χ2n) is 6.83. The number of amides is 1. The number of thiophene rings is 1. The van der Waals surface area contributed by atoms with E-state index in [2.05, 4.69) is 10.6 Å². The van der Waals surface area contributed by atoms with E-state index in [1.807, 2.05) is 18.4 Å². The fourth-order valence-corrected chi connectivity index (χ4v) is 3.49. The average Bonchev–Trinajstić information content (AvgIpc) is 3.34. The summed E-state index contributed by atoms with van der Waals surface area (Å²) in [5.74, 6) is -0.995. The number of benzene rings is 2. The molecule has 3 rings (SSSR count). The zero-order valence-electron chi connectivity index (χ0n) is 17.2. The lowest BCUT2D eigenvalue weighted by atomic mass is 10.1. The number of ketones is 1. The Morgan fingerprint density at radius 2 is 1.68 bits per heavy atom. The first kappa shape index (κ1) is 22.2. The maximum atomic E-state index is 13.0. The van der Waals surface area contributed by atoms with Gasteiger partial charge in [-0.05, 0) is 54.3 Å². The quantitative estimate of drug-likeness (QED) is 0.207. The van der Waals surface area contributed by atoms with Gasteiger partial charge in [-0.15, -0.1) is 11.3 Å². The molecule has 0 saturated carbocycles. The van der Waals surface area contributed by atoms with Crippen molar-refractivity contribution in [2.75, 3.05) is 11.9 Å². The van der Waals surface area contributed by atoms with E-state index in [-0.39, 0.29) is 17.7 Å². The molecular formula is C24H24N2O4S. The van der Waals surface area contributed by atoms with E-state index in [1.165, 1.54) is 11.3 Å². The van der Waals surface area contributed by atoms with Crippen molar-refractivity contribution in [3.05, 3.63) is 88.1 Å². The Bertz CT molecular complexity index is 1000. The fourth-order valence-electron chi connectivity index (χ4n) is 2.79. The Morgan fingerprint density at radius 1 is 0.935 bits per heavy atom. The van der Waals surface area contributed by atoms with Gasteiger partial charge in [-0.25, -0.2) is 4.79 Å². The molecule has 0 fully saturated rings. The minimum Gasteiger partial charge on any atom is -0.462 e. The SMILES string of the molecule is CCCCOC(=O)c1ccc(N[C@H](NC(=O)c2ccccc2)C(=O)c2cccs2)cc1. The number of carbonyl (C=O) groups excluding carboxylic acids is 3. The maximum Gasteiger partial charge on any atom is 0.338 e. The van der Waals surface area contributed by atoms with E-state index in [0.29, 0.717) is 28.3 Å². The molecule has 7 heteroatoms. The number of ether oxygens (including phenoxy) is 1. The minimum atomic E-state index is -0.964. The van der Waals surface area contributed by atoms with E-state index in [9.17, 15) is 14.4 Å². The zero-order chi connectivity index (χ0) is 22.1. The number of hydrogen-bond acceptors (Lipinski definition) is 6. The number of esters is 1. The molecule has 0 aliphatic heterocycles. The van der Waals surface area contributed by atoms with Gasteiger partial charge < -0.3 is 15.4 Å². The second-order valence-corrected chi connectivity index (χ2v) is 7.77. The van der Waals surface area contributed by atoms with Crippen molar-refractivity contribution in [2.45, 2.75) is 25.9 Å². The third kappa shape index (κ3) is 6.26. The van der Waals surface area contributed by atoms with Crippen molar-refractivity contribution in [3.63, 3.8) is 0 Å². The van der Waals surface area contributed by atoms with Crippen LogP contribution in [-0.4, -0.2) is 30.4 Å². The Balaban J connectivity index is 1.73. The first-order chi connectivity index (χ1) is 15.1. The van der Waals surface area contributed by atoms with Crippen LogP contribution in [0, 0.1) is 0 Å². The predicted octanol–water partition coefficient (Wildman–Crippen LogP) is 4.76. The molecule has 0 aliphatic carbocycles. The van der Waals surface area contributed by atoms with Crippen LogP contribution in [0.15, 0.2) is 72.1 Å². The summed E-state index contributed by atoms with van der Waals surface area (Å²) >= 11 is 1.31. The highest BCUT2D eigenvalue weighted by molar-refractivity contribution is 7.12. The van der Waals surface area contributed by atoms with Crippen LogP contribution < -0.4 is 10.6 Å². The van der Waals surface area contributed by atoms with Gasteiger partial charge in [-0.1, -0.05) is 37.6 Å². The molecule has 0 spiro atoms. The summed E-state index contributed by atoms with van der Waals surface area (Å²) in [6.07, 6.45) is 0.803. The first-order valence-corrected chi connectivity index (χ1v) is 10.9. The Kier molecular flexibility index (Phi) is 7.95. The van der Waals surface area contributed by atoms with Crippen molar-refractivity contribution in [3.8, 4) is 0 Å². The number of nitrogens with one attached hydrogen (secondary N) is 2. The third-order valence-electron chi connectivity index (χ3n) is 4.50. The molecule has 0 unspecified atom stereocenters. The van der Waals surface area contributed by atoms with Gasteiger partial charge in [0.15, 0.2) is 6.17 Å². The summed E-state index contributed by atoms with van der Waals surface area (Å²) in [6.45, 7) is 2.41. The summed E-state index contributed by atoms with van der Waals surface area (Å²) in [4.78, 5) is 38.2. The van der Waals surface area contributed by atoms with E-state index in [0.717, 1.165) is 12.8 Å². The molecular weight excluding hydrogens is 412 g/mol. The van der Waals surface area contributed by atoms with Crippen LogP contribution in [0.25, 0.3) is 0 Å². The first-order valence-electron chi connectivity index (χ1n) is 10.1. The molecule has 0 saturated heterocycles. The zero-order valence-corrected chi connectivity index (χ0v) is 18.0. The molecule has 160 valence electrons. The summed E-state index contributed by atoms with van der Waals surface area (Å²) in [5, 5.41) is 7.62. The normalized spacial score (nSPS) is 11.4. The van der Waals surface area contributed by atoms with Crippen molar-refractivity contribution >= 4 is 34.7 Å². The van der Waals surface area contributed by atoms with E-state index < -0.39 is 6.17 Å². The molecule has 0 radical (unpaired) electrons. The van der Waals surface area contributed by atoms with Crippen molar-refractivity contribution in [2.24, 2.45) is 0 Å². The molecule has 1 atom stereocenters. The second kappa shape index (κ2) is 11.1. The minimum absolute atomic E-state index is 0.248. The van der Waals surface area contributed by atoms with Gasteiger partial charge in [0.1, 0.15) is 0 Å². The molecule has 2 aromatic carbocycles. The Hall–Kier alpha value is -3.45. The number of anilines is 1. The van der Waals surface area contributed by atoms with Crippen LogP contribution in [0.2, 0.25) is 0 Å².